The maximum absolute atomic E-state index is 12.9. The summed E-state index contributed by atoms with van der Waals surface area (Å²) in [5, 5.41) is 3.22. The van der Waals surface area contributed by atoms with Crippen molar-refractivity contribution in [3.05, 3.63) is 47.0 Å². The number of nitrogens with one attached hydrogen (secondary N) is 1. The molecular formula is C22H28N4O2. The van der Waals surface area contributed by atoms with Gasteiger partial charge in [0.15, 0.2) is 5.65 Å². The molecule has 0 unspecified atom stereocenters. The lowest BCUT2D eigenvalue weighted by Gasteiger charge is -2.34. The van der Waals surface area contributed by atoms with E-state index >= 15 is 0 Å². The summed E-state index contributed by atoms with van der Waals surface area (Å²) < 4.78 is 3.57. The van der Waals surface area contributed by atoms with Crippen LogP contribution in [0.15, 0.2) is 41.5 Å². The highest BCUT2D eigenvalue weighted by Crippen LogP contribution is 2.29. The van der Waals surface area contributed by atoms with E-state index < -0.39 is 0 Å². The molecule has 1 aliphatic carbocycles. The molecule has 1 aliphatic rings. The summed E-state index contributed by atoms with van der Waals surface area (Å²) in [4.78, 5) is 29.8. The first-order valence-electron chi connectivity index (χ1n) is 10.3. The van der Waals surface area contributed by atoms with Crippen LogP contribution in [0.2, 0.25) is 0 Å². The Morgan fingerprint density at radius 1 is 1.21 bits per heavy atom. The second-order valence-corrected chi connectivity index (χ2v) is 8.11. The van der Waals surface area contributed by atoms with Gasteiger partial charge < -0.3 is 9.72 Å². The molecule has 0 radical (unpaired) electrons. The van der Waals surface area contributed by atoms with E-state index in [1.807, 2.05) is 34.9 Å². The first-order chi connectivity index (χ1) is 13.6. The van der Waals surface area contributed by atoms with Crippen LogP contribution in [-0.2, 0) is 11.3 Å². The number of hydrogen-bond acceptors (Lipinski definition) is 3. The Hall–Kier alpha value is -2.63. The Morgan fingerprint density at radius 3 is 2.89 bits per heavy atom. The van der Waals surface area contributed by atoms with Crippen molar-refractivity contribution in [1.29, 1.82) is 0 Å². The van der Waals surface area contributed by atoms with Gasteiger partial charge in [0.2, 0.25) is 5.91 Å². The number of aryl methyl sites for hydroxylation is 1. The Morgan fingerprint density at radius 2 is 2.04 bits per heavy atom. The second-order valence-electron chi connectivity index (χ2n) is 8.11. The van der Waals surface area contributed by atoms with Crippen molar-refractivity contribution in [2.24, 2.45) is 11.8 Å². The van der Waals surface area contributed by atoms with Gasteiger partial charge in [-0.05, 0) is 48.9 Å². The second kappa shape index (κ2) is 7.78. The summed E-state index contributed by atoms with van der Waals surface area (Å²) in [5.74, 6) is 1.26. The maximum atomic E-state index is 12.9. The third kappa shape index (κ3) is 3.43. The lowest BCUT2D eigenvalue weighted by molar-refractivity contribution is -0.122. The lowest BCUT2D eigenvalue weighted by atomic mass is 9.78. The monoisotopic (exact) mass is 380 g/mol. The van der Waals surface area contributed by atoms with Crippen molar-refractivity contribution in [3.63, 3.8) is 0 Å². The quantitative estimate of drug-likeness (QED) is 0.738. The van der Waals surface area contributed by atoms with Gasteiger partial charge in [0.1, 0.15) is 5.52 Å². The van der Waals surface area contributed by atoms with E-state index in [9.17, 15) is 9.59 Å². The SMILES string of the molecule is C[C@@H]1[C@H](C)CCC[C@H]1NC(=O)CCCn1c(=O)c2cccn2c2cccnc21. The van der Waals surface area contributed by atoms with Crippen LogP contribution in [-0.4, -0.2) is 25.9 Å². The minimum atomic E-state index is -0.0636. The highest BCUT2D eigenvalue weighted by Gasteiger charge is 2.27. The fourth-order valence-electron chi connectivity index (χ4n) is 4.45. The number of pyridine rings is 1. The van der Waals surface area contributed by atoms with Crippen LogP contribution in [0.25, 0.3) is 16.7 Å². The molecule has 4 rings (SSSR count). The summed E-state index contributed by atoms with van der Waals surface area (Å²) in [7, 11) is 0. The highest BCUT2D eigenvalue weighted by molar-refractivity contribution is 5.76. The zero-order valence-corrected chi connectivity index (χ0v) is 16.6. The first-order valence-corrected chi connectivity index (χ1v) is 10.3. The normalized spacial score (nSPS) is 22.6. The minimum absolute atomic E-state index is 0.0636. The Balaban J connectivity index is 1.46. The van der Waals surface area contributed by atoms with Gasteiger partial charge in [-0.2, -0.15) is 0 Å². The third-order valence-electron chi connectivity index (χ3n) is 6.33. The van der Waals surface area contributed by atoms with Crippen molar-refractivity contribution in [2.75, 3.05) is 0 Å². The van der Waals surface area contributed by atoms with Gasteiger partial charge in [0.05, 0.1) is 5.52 Å². The zero-order chi connectivity index (χ0) is 19.7. The molecule has 0 saturated heterocycles. The molecule has 148 valence electrons. The molecule has 1 amide bonds. The summed E-state index contributed by atoms with van der Waals surface area (Å²) in [6.07, 6.45) is 8.11. The highest BCUT2D eigenvalue weighted by atomic mass is 16.1. The van der Waals surface area contributed by atoms with Crippen LogP contribution in [0.3, 0.4) is 0 Å². The molecule has 6 heteroatoms. The van der Waals surface area contributed by atoms with Gasteiger partial charge >= 0.3 is 0 Å². The average Bonchev–Trinajstić information content (AvgIpc) is 3.18. The molecule has 3 aromatic rings. The summed E-state index contributed by atoms with van der Waals surface area (Å²) in [6.45, 7) is 4.99. The smallest absolute Gasteiger partial charge is 0.276 e. The number of aromatic nitrogens is 3. The van der Waals surface area contributed by atoms with Crippen LogP contribution < -0.4 is 10.9 Å². The summed E-state index contributed by atoms with van der Waals surface area (Å²) in [6, 6.07) is 7.80. The van der Waals surface area contributed by atoms with E-state index in [0.29, 0.717) is 42.4 Å². The molecule has 1 N–H and O–H groups in total. The number of rotatable bonds is 5. The zero-order valence-electron chi connectivity index (χ0n) is 16.6. The number of nitrogens with zero attached hydrogens (tertiary/aromatic N) is 3. The molecule has 6 nitrogen and oxygen atoms in total. The molecule has 3 atom stereocenters. The average molecular weight is 380 g/mol. The van der Waals surface area contributed by atoms with Crippen molar-refractivity contribution in [1.82, 2.24) is 19.3 Å². The van der Waals surface area contributed by atoms with Crippen molar-refractivity contribution in [2.45, 2.75) is 58.5 Å². The number of amides is 1. The maximum Gasteiger partial charge on any atom is 0.276 e. The molecule has 0 aliphatic heterocycles. The van der Waals surface area contributed by atoms with E-state index in [0.717, 1.165) is 11.9 Å². The standard InChI is InChI=1S/C22H28N4O2/c1-15-7-3-8-17(16(15)2)24-20(27)11-6-14-26-21-18(9-4-12-23-21)25-13-5-10-19(25)22(26)28/h4-5,9-10,12-13,15-17H,3,6-8,11,14H2,1-2H3,(H,24,27)/t15-,16-,17-/m1/s1. The molecule has 3 heterocycles. The fourth-order valence-corrected chi connectivity index (χ4v) is 4.45. The van der Waals surface area contributed by atoms with E-state index in [1.165, 1.54) is 12.8 Å². The molecule has 0 bridgehead atoms. The molecule has 28 heavy (non-hydrogen) atoms. The van der Waals surface area contributed by atoms with Crippen LogP contribution in [0.5, 0.6) is 0 Å². The number of fused-ring (bicyclic) bond motifs is 3. The number of hydrogen-bond donors (Lipinski definition) is 1. The van der Waals surface area contributed by atoms with Crippen molar-refractivity contribution < 1.29 is 4.79 Å². The van der Waals surface area contributed by atoms with Crippen molar-refractivity contribution >= 4 is 22.6 Å². The number of carbonyl (C=O) groups is 1. The van der Waals surface area contributed by atoms with Gasteiger partial charge in [0, 0.05) is 31.4 Å². The molecule has 0 spiro atoms. The molecule has 1 saturated carbocycles. The third-order valence-corrected chi connectivity index (χ3v) is 6.33. The molecule has 3 aromatic heterocycles. The van der Waals surface area contributed by atoms with E-state index in [1.54, 1.807) is 10.8 Å². The van der Waals surface area contributed by atoms with Crippen LogP contribution in [0.1, 0.15) is 46.0 Å². The van der Waals surface area contributed by atoms with E-state index in [2.05, 4.69) is 24.1 Å². The predicted octanol–water partition coefficient (Wildman–Crippen LogP) is 3.37. The molecule has 1 fully saturated rings. The van der Waals surface area contributed by atoms with Crippen LogP contribution in [0.4, 0.5) is 0 Å². The van der Waals surface area contributed by atoms with Gasteiger partial charge in [-0.3, -0.25) is 14.2 Å². The fraction of sp³-hybridized carbons (Fsp3) is 0.500. The number of carbonyl (C=O) groups excluding carboxylic acids is 1. The largest absolute Gasteiger partial charge is 0.353 e. The van der Waals surface area contributed by atoms with Crippen LogP contribution >= 0.6 is 0 Å². The predicted molar refractivity (Wildman–Crippen MR) is 110 cm³/mol. The van der Waals surface area contributed by atoms with Gasteiger partial charge in [-0.1, -0.05) is 26.7 Å². The van der Waals surface area contributed by atoms with Gasteiger partial charge in [-0.25, -0.2) is 4.98 Å². The van der Waals surface area contributed by atoms with Gasteiger partial charge in [-0.15, -0.1) is 0 Å². The Labute approximate surface area is 164 Å². The van der Waals surface area contributed by atoms with E-state index in [-0.39, 0.29) is 17.5 Å². The minimum Gasteiger partial charge on any atom is -0.353 e. The van der Waals surface area contributed by atoms with Gasteiger partial charge in [0.25, 0.3) is 5.56 Å². The Kier molecular flexibility index (Phi) is 5.20. The summed E-state index contributed by atoms with van der Waals surface area (Å²) >= 11 is 0. The van der Waals surface area contributed by atoms with Crippen molar-refractivity contribution in [3.8, 4) is 0 Å². The topological polar surface area (TPSA) is 68.4 Å². The van der Waals surface area contributed by atoms with E-state index in [4.69, 9.17) is 0 Å². The lowest BCUT2D eigenvalue weighted by Crippen LogP contribution is -2.43. The summed E-state index contributed by atoms with van der Waals surface area (Å²) in [5.41, 5.74) is 2.13. The molecule has 0 aromatic carbocycles. The first kappa shape index (κ1) is 18.7. The Bertz CT molecular complexity index is 1050. The van der Waals surface area contributed by atoms with Crippen LogP contribution in [0, 0.1) is 11.8 Å². The molecular weight excluding hydrogens is 352 g/mol.